The van der Waals surface area contributed by atoms with Crippen molar-refractivity contribution in [3.05, 3.63) is 23.8 Å². The fraction of sp³-hybridized carbons (Fsp3) is 0.417. The van der Waals surface area contributed by atoms with Gasteiger partial charge in [-0.15, -0.1) is 0 Å². The summed E-state index contributed by atoms with van der Waals surface area (Å²) < 4.78 is 38.1. The molecule has 0 aliphatic carbocycles. The third-order valence-electron chi connectivity index (χ3n) is 2.72. The Hall–Kier alpha value is -1.47. The summed E-state index contributed by atoms with van der Waals surface area (Å²) in [6, 6.07) is 2.19. The Balaban J connectivity index is 2.13. The molecule has 0 amide bonds. The van der Waals surface area contributed by atoms with Crippen LogP contribution < -0.4 is 15.8 Å². The number of hydrogen-bond acceptors (Lipinski definition) is 3. The molecule has 1 saturated heterocycles. The Morgan fingerprint density at radius 3 is 2.42 bits per heavy atom. The molecule has 1 aromatic rings. The summed E-state index contributed by atoms with van der Waals surface area (Å²) in [6.45, 7) is 1.07. The topological polar surface area (TPSA) is 56.5 Å². The molecule has 0 spiro atoms. The Morgan fingerprint density at radius 2 is 1.89 bits per heavy atom. The minimum Gasteiger partial charge on any atom is -0.484 e. The summed E-state index contributed by atoms with van der Waals surface area (Å²) in [4.78, 5) is 0. The zero-order chi connectivity index (χ0) is 13.8. The van der Waals surface area contributed by atoms with Gasteiger partial charge in [0.25, 0.3) is 0 Å². The molecule has 1 aliphatic heterocycles. The van der Waals surface area contributed by atoms with Gasteiger partial charge >= 0.3 is 0 Å². The molecule has 2 rings (SSSR count). The second kappa shape index (κ2) is 6.12. The van der Waals surface area contributed by atoms with Crippen LogP contribution in [0.1, 0.15) is 12.8 Å². The number of thiocarbonyl (C=S) groups is 1. The van der Waals surface area contributed by atoms with Gasteiger partial charge in [-0.3, -0.25) is 0 Å². The van der Waals surface area contributed by atoms with Gasteiger partial charge in [0, 0.05) is 30.7 Å². The van der Waals surface area contributed by atoms with Gasteiger partial charge in [0.2, 0.25) is 0 Å². The van der Waals surface area contributed by atoms with Crippen LogP contribution in [0.3, 0.4) is 0 Å². The highest BCUT2D eigenvalue weighted by Gasteiger charge is 2.20. The van der Waals surface area contributed by atoms with Gasteiger partial charge in [-0.1, -0.05) is 0 Å². The molecule has 0 atom stereocenters. The number of hydrogen-bond donors (Lipinski definition) is 2. The molecule has 1 heterocycles. The van der Waals surface area contributed by atoms with Crippen LogP contribution in [0.5, 0.6) is 5.75 Å². The van der Waals surface area contributed by atoms with Gasteiger partial charge in [0.1, 0.15) is 6.10 Å². The average Bonchev–Trinajstić information content (AvgIpc) is 2.34. The smallest absolute Gasteiger partial charge is 0.191 e. The lowest BCUT2D eigenvalue weighted by Crippen LogP contribution is -2.26. The molecular formula is C12H14F2N2O2S. The summed E-state index contributed by atoms with van der Waals surface area (Å²) in [5.41, 5.74) is 5.40. The zero-order valence-corrected chi connectivity index (χ0v) is 10.9. The molecule has 19 heavy (non-hydrogen) atoms. The third kappa shape index (κ3) is 3.74. The first kappa shape index (κ1) is 14.0. The van der Waals surface area contributed by atoms with Gasteiger partial charge in [0.15, 0.2) is 22.5 Å². The minimum absolute atomic E-state index is 0.0584. The SMILES string of the molecule is NC(=S)Nc1cc(F)c(OC2CCOCC2)c(F)c1. The number of nitrogens with one attached hydrogen (secondary N) is 1. The van der Waals surface area contributed by atoms with E-state index in [1.165, 1.54) is 0 Å². The maximum absolute atomic E-state index is 13.8. The Kier molecular flexibility index (Phi) is 4.49. The normalized spacial score (nSPS) is 16.1. The van der Waals surface area contributed by atoms with E-state index in [1.54, 1.807) is 0 Å². The highest BCUT2D eigenvalue weighted by atomic mass is 32.1. The molecule has 0 aromatic heterocycles. The first-order valence-corrected chi connectivity index (χ1v) is 6.27. The molecular weight excluding hydrogens is 274 g/mol. The molecule has 0 unspecified atom stereocenters. The number of anilines is 1. The lowest BCUT2D eigenvalue weighted by molar-refractivity contribution is 0.0223. The van der Waals surface area contributed by atoms with Crippen molar-refractivity contribution in [2.45, 2.75) is 18.9 Å². The van der Waals surface area contributed by atoms with E-state index >= 15 is 0 Å². The van der Waals surface area contributed by atoms with Crippen LogP contribution in [0, 0.1) is 11.6 Å². The minimum atomic E-state index is -0.787. The molecule has 0 saturated carbocycles. The van der Waals surface area contributed by atoms with Crippen molar-refractivity contribution in [1.29, 1.82) is 0 Å². The summed E-state index contributed by atoms with van der Waals surface area (Å²) in [5, 5.41) is 2.41. The molecule has 104 valence electrons. The average molecular weight is 288 g/mol. The van der Waals surface area contributed by atoms with E-state index in [0.717, 1.165) is 12.1 Å². The van der Waals surface area contributed by atoms with E-state index < -0.39 is 11.6 Å². The van der Waals surface area contributed by atoms with E-state index in [4.69, 9.17) is 15.2 Å². The van der Waals surface area contributed by atoms with Crippen molar-refractivity contribution in [2.75, 3.05) is 18.5 Å². The number of rotatable bonds is 3. The molecule has 0 bridgehead atoms. The Morgan fingerprint density at radius 1 is 1.32 bits per heavy atom. The van der Waals surface area contributed by atoms with Crippen molar-refractivity contribution in [3.63, 3.8) is 0 Å². The molecule has 1 aromatic carbocycles. The third-order valence-corrected chi connectivity index (χ3v) is 2.82. The second-order valence-electron chi connectivity index (χ2n) is 4.19. The predicted octanol–water partition coefficient (Wildman–Crippen LogP) is 2.18. The molecule has 1 fully saturated rings. The van der Waals surface area contributed by atoms with Crippen LogP contribution in [-0.4, -0.2) is 24.4 Å². The number of nitrogens with two attached hydrogens (primary N) is 1. The van der Waals surface area contributed by atoms with Crippen LogP contribution in [0.4, 0.5) is 14.5 Å². The second-order valence-corrected chi connectivity index (χ2v) is 4.63. The quantitative estimate of drug-likeness (QED) is 0.835. The summed E-state index contributed by atoms with van der Waals surface area (Å²) in [5.74, 6) is -1.95. The first-order valence-electron chi connectivity index (χ1n) is 5.86. The molecule has 4 nitrogen and oxygen atoms in total. The Labute approximate surface area is 114 Å². The predicted molar refractivity (Wildman–Crippen MR) is 71.2 cm³/mol. The molecule has 7 heteroatoms. The van der Waals surface area contributed by atoms with E-state index in [1.807, 2.05) is 0 Å². The van der Waals surface area contributed by atoms with Crippen LogP contribution in [0.15, 0.2) is 12.1 Å². The van der Waals surface area contributed by atoms with E-state index in [2.05, 4.69) is 17.5 Å². The standard InChI is InChI=1S/C12H14F2N2O2S/c13-9-5-7(16-12(15)19)6-10(14)11(9)18-8-1-3-17-4-2-8/h5-6,8H,1-4H2,(H3,15,16,19). The van der Waals surface area contributed by atoms with Gasteiger partial charge in [0.05, 0.1) is 13.2 Å². The van der Waals surface area contributed by atoms with Crippen molar-refractivity contribution in [1.82, 2.24) is 0 Å². The van der Waals surface area contributed by atoms with Crippen molar-refractivity contribution in [2.24, 2.45) is 5.73 Å². The lowest BCUT2D eigenvalue weighted by atomic mass is 10.1. The fourth-order valence-corrected chi connectivity index (χ4v) is 1.97. The largest absolute Gasteiger partial charge is 0.484 e. The van der Waals surface area contributed by atoms with Crippen LogP contribution in [0.2, 0.25) is 0 Å². The number of halogens is 2. The van der Waals surface area contributed by atoms with Gasteiger partial charge in [-0.2, -0.15) is 0 Å². The number of ether oxygens (including phenoxy) is 2. The molecule has 1 aliphatic rings. The van der Waals surface area contributed by atoms with Gasteiger partial charge < -0.3 is 20.5 Å². The highest BCUT2D eigenvalue weighted by molar-refractivity contribution is 7.80. The number of benzene rings is 1. The van der Waals surface area contributed by atoms with Crippen molar-refractivity contribution in [3.8, 4) is 5.75 Å². The van der Waals surface area contributed by atoms with Gasteiger partial charge in [-0.05, 0) is 12.2 Å². The fourth-order valence-electron chi connectivity index (χ4n) is 1.85. The molecule has 0 radical (unpaired) electrons. The van der Waals surface area contributed by atoms with Crippen LogP contribution >= 0.6 is 12.2 Å². The lowest BCUT2D eigenvalue weighted by Gasteiger charge is -2.23. The van der Waals surface area contributed by atoms with Crippen LogP contribution in [-0.2, 0) is 4.74 Å². The zero-order valence-electron chi connectivity index (χ0n) is 10.1. The summed E-state index contributed by atoms with van der Waals surface area (Å²) >= 11 is 4.60. The monoisotopic (exact) mass is 288 g/mol. The summed E-state index contributed by atoms with van der Waals surface area (Å²) in [6.07, 6.45) is 1.00. The molecule has 3 N–H and O–H groups in total. The highest BCUT2D eigenvalue weighted by Crippen LogP contribution is 2.28. The maximum Gasteiger partial charge on any atom is 0.191 e. The summed E-state index contributed by atoms with van der Waals surface area (Å²) in [7, 11) is 0. The Bertz CT molecular complexity index is 456. The van der Waals surface area contributed by atoms with E-state index in [0.29, 0.717) is 26.1 Å². The van der Waals surface area contributed by atoms with Crippen molar-refractivity contribution < 1.29 is 18.3 Å². The van der Waals surface area contributed by atoms with Gasteiger partial charge in [-0.25, -0.2) is 8.78 Å². The van der Waals surface area contributed by atoms with Crippen LogP contribution in [0.25, 0.3) is 0 Å². The van der Waals surface area contributed by atoms with Crippen molar-refractivity contribution >= 4 is 23.0 Å². The van der Waals surface area contributed by atoms with E-state index in [9.17, 15) is 8.78 Å². The van der Waals surface area contributed by atoms with E-state index in [-0.39, 0.29) is 22.7 Å². The maximum atomic E-state index is 13.8. The first-order chi connectivity index (χ1) is 9.06.